The van der Waals surface area contributed by atoms with Crippen molar-refractivity contribution in [2.24, 2.45) is 0 Å². The fourth-order valence-corrected chi connectivity index (χ4v) is 2.75. The largest absolute Gasteiger partial charge is 0.385 e. The van der Waals surface area contributed by atoms with Gasteiger partial charge in [-0.15, -0.1) is 0 Å². The van der Waals surface area contributed by atoms with Gasteiger partial charge < -0.3 is 5.32 Å². The zero-order valence-corrected chi connectivity index (χ0v) is 12.6. The van der Waals surface area contributed by atoms with E-state index in [2.05, 4.69) is 43.4 Å². The van der Waals surface area contributed by atoms with Gasteiger partial charge in [-0.1, -0.05) is 19.4 Å². The number of hydrogen-bond donors (Lipinski definition) is 1. The topological polar surface area (TPSA) is 24.9 Å². The number of hydrogen-bond acceptors (Lipinski definition) is 2. The minimum atomic E-state index is 0.705. The van der Waals surface area contributed by atoms with Crippen LogP contribution in [0, 0.1) is 0 Å². The predicted octanol–water partition coefficient (Wildman–Crippen LogP) is 4.89. The summed E-state index contributed by atoms with van der Waals surface area (Å²) in [7, 11) is 0. The molecule has 0 atom stereocenters. The SMILES string of the molecule is CCCCc1ccc2nc(C3CC3)cc(NCC)c2c1. The highest BCUT2D eigenvalue weighted by Gasteiger charge is 2.25. The van der Waals surface area contributed by atoms with Gasteiger partial charge in [-0.05, 0) is 56.4 Å². The molecule has 0 unspecified atom stereocenters. The van der Waals surface area contributed by atoms with Crippen molar-refractivity contribution >= 4 is 16.6 Å². The lowest BCUT2D eigenvalue weighted by atomic mass is 10.0. The van der Waals surface area contributed by atoms with Gasteiger partial charge in [-0.25, -0.2) is 0 Å². The Balaban J connectivity index is 2.02. The number of fused-ring (bicyclic) bond motifs is 1. The molecule has 2 heteroatoms. The summed E-state index contributed by atoms with van der Waals surface area (Å²) >= 11 is 0. The average Bonchev–Trinajstić information content (AvgIpc) is 3.30. The van der Waals surface area contributed by atoms with E-state index in [1.165, 1.54) is 54.4 Å². The quantitative estimate of drug-likeness (QED) is 0.807. The monoisotopic (exact) mass is 268 g/mol. The molecule has 1 aliphatic carbocycles. The first-order chi connectivity index (χ1) is 9.81. The number of unbranched alkanes of at least 4 members (excludes halogenated alkanes) is 1. The second-order valence-electron chi connectivity index (χ2n) is 5.85. The van der Waals surface area contributed by atoms with Crippen LogP contribution in [0.25, 0.3) is 10.9 Å². The van der Waals surface area contributed by atoms with Crippen LogP contribution in [0.2, 0.25) is 0 Å². The van der Waals surface area contributed by atoms with E-state index in [0.717, 1.165) is 12.1 Å². The molecule has 2 aromatic rings. The highest BCUT2D eigenvalue weighted by atomic mass is 14.9. The molecule has 1 heterocycles. The third-order valence-electron chi connectivity index (χ3n) is 4.07. The fraction of sp³-hybridized carbons (Fsp3) is 0.500. The number of aryl methyl sites for hydroxylation is 1. The standard InChI is InChI=1S/C18H24N2/c1-3-5-6-13-7-10-16-15(11-13)18(19-4-2)12-17(20-16)14-8-9-14/h7,10-12,14H,3-6,8-9H2,1-2H3,(H,19,20). The van der Waals surface area contributed by atoms with E-state index in [4.69, 9.17) is 4.98 Å². The van der Waals surface area contributed by atoms with E-state index >= 15 is 0 Å². The molecular formula is C18H24N2. The lowest BCUT2D eigenvalue weighted by Gasteiger charge is -2.12. The molecule has 0 amide bonds. The highest BCUT2D eigenvalue weighted by Crippen LogP contribution is 2.41. The van der Waals surface area contributed by atoms with Gasteiger partial charge in [0.05, 0.1) is 5.52 Å². The summed E-state index contributed by atoms with van der Waals surface area (Å²) in [6.07, 6.45) is 6.28. The van der Waals surface area contributed by atoms with Crippen LogP contribution in [0.4, 0.5) is 5.69 Å². The van der Waals surface area contributed by atoms with Crippen molar-refractivity contribution in [2.45, 2.75) is 51.9 Å². The van der Waals surface area contributed by atoms with E-state index in [-0.39, 0.29) is 0 Å². The van der Waals surface area contributed by atoms with Gasteiger partial charge in [-0.2, -0.15) is 0 Å². The Bertz CT molecular complexity index is 600. The first kappa shape index (κ1) is 13.4. The Morgan fingerprint density at radius 1 is 1.20 bits per heavy atom. The van der Waals surface area contributed by atoms with Gasteiger partial charge >= 0.3 is 0 Å². The number of rotatable bonds is 6. The van der Waals surface area contributed by atoms with Crippen LogP contribution in [0.15, 0.2) is 24.3 Å². The Morgan fingerprint density at radius 3 is 2.75 bits per heavy atom. The number of nitrogens with one attached hydrogen (secondary N) is 1. The second kappa shape index (κ2) is 5.82. The van der Waals surface area contributed by atoms with E-state index in [9.17, 15) is 0 Å². The Labute approximate surface area is 121 Å². The summed E-state index contributed by atoms with van der Waals surface area (Å²) in [6, 6.07) is 9.05. The molecule has 1 aromatic carbocycles. The molecule has 20 heavy (non-hydrogen) atoms. The number of aromatic nitrogens is 1. The minimum absolute atomic E-state index is 0.705. The summed E-state index contributed by atoms with van der Waals surface area (Å²) in [4.78, 5) is 4.86. The number of pyridine rings is 1. The van der Waals surface area contributed by atoms with Crippen LogP contribution in [-0.4, -0.2) is 11.5 Å². The molecule has 1 N–H and O–H groups in total. The highest BCUT2D eigenvalue weighted by molar-refractivity contribution is 5.92. The molecule has 1 aromatic heterocycles. The molecule has 106 valence electrons. The molecule has 0 bridgehead atoms. The zero-order valence-electron chi connectivity index (χ0n) is 12.6. The Kier molecular flexibility index (Phi) is 3.90. The lowest BCUT2D eigenvalue weighted by molar-refractivity contribution is 0.796. The van der Waals surface area contributed by atoms with Gasteiger partial charge in [0.1, 0.15) is 0 Å². The van der Waals surface area contributed by atoms with E-state index in [1.807, 2.05) is 0 Å². The van der Waals surface area contributed by atoms with Gasteiger partial charge in [0.2, 0.25) is 0 Å². The smallest absolute Gasteiger partial charge is 0.0726 e. The van der Waals surface area contributed by atoms with Crippen molar-refractivity contribution in [3.63, 3.8) is 0 Å². The van der Waals surface area contributed by atoms with Gasteiger partial charge in [0.15, 0.2) is 0 Å². The van der Waals surface area contributed by atoms with Crippen molar-refractivity contribution in [2.75, 3.05) is 11.9 Å². The fourth-order valence-electron chi connectivity index (χ4n) is 2.75. The molecular weight excluding hydrogens is 244 g/mol. The third-order valence-corrected chi connectivity index (χ3v) is 4.07. The molecule has 0 radical (unpaired) electrons. The molecule has 0 spiro atoms. The minimum Gasteiger partial charge on any atom is -0.385 e. The number of anilines is 1. The number of benzene rings is 1. The van der Waals surface area contributed by atoms with Crippen molar-refractivity contribution in [1.29, 1.82) is 0 Å². The van der Waals surface area contributed by atoms with Crippen LogP contribution < -0.4 is 5.32 Å². The van der Waals surface area contributed by atoms with Crippen molar-refractivity contribution in [3.05, 3.63) is 35.5 Å². The maximum Gasteiger partial charge on any atom is 0.0726 e. The Morgan fingerprint density at radius 2 is 2.05 bits per heavy atom. The second-order valence-corrected chi connectivity index (χ2v) is 5.85. The summed E-state index contributed by atoms with van der Waals surface area (Å²) in [5, 5.41) is 4.80. The average molecular weight is 268 g/mol. The van der Waals surface area contributed by atoms with Crippen LogP contribution in [0.5, 0.6) is 0 Å². The summed E-state index contributed by atoms with van der Waals surface area (Å²) < 4.78 is 0. The van der Waals surface area contributed by atoms with E-state index < -0.39 is 0 Å². The molecule has 1 saturated carbocycles. The predicted molar refractivity (Wildman–Crippen MR) is 86.5 cm³/mol. The molecule has 0 saturated heterocycles. The molecule has 2 nitrogen and oxygen atoms in total. The normalized spacial score (nSPS) is 14.7. The van der Waals surface area contributed by atoms with Gasteiger partial charge in [-0.3, -0.25) is 4.98 Å². The molecule has 1 fully saturated rings. The third kappa shape index (κ3) is 2.79. The summed E-state index contributed by atoms with van der Waals surface area (Å²) in [6.45, 7) is 5.36. The summed E-state index contributed by atoms with van der Waals surface area (Å²) in [5.74, 6) is 0.705. The van der Waals surface area contributed by atoms with Crippen LogP contribution in [-0.2, 0) is 6.42 Å². The van der Waals surface area contributed by atoms with Crippen molar-refractivity contribution in [3.8, 4) is 0 Å². The van der Waals surface area contributed by atoms with Crippen molar-refractivity contribution < 1.29 is 0 Å². The van der Waals surface area contributed by atoms with Gasteiger partial charge in [0, 0.05) is 29.2 Å². The van der Waals surface area contributed by atoms with E-state index in [1.54, 1.807) is 0 Å². The van der Waals surface area contributed by atoms with Crippen LogP contribution >= 0.6 is 0 Å². The summed E-state index contributed by atoms with van der Waals surface area (Å²) in [5.41, 5.74) is 5.11. The maximum absolute atomic E-state index is 4.86. The molecule has 1 aliphatic rings. The zero-order chi connectivity index (χ0) is 13.9. The number of nitrogens with zero attached hydrogens (tertiary/aromatic N) is 1. The lowest BCUT2D eigenvalue weighted by Crippen LogP contribution is -2.00. The molecule has 0 aliphatic heterocycles. The Hall–Kier alpha value is -1.57. The van der Waals surface area contributed by atoms with Crippen molar-refractivity contribution in [1.82, 2.24) is 4.98 Å². The van der Waals surface area contributed by atoms with Gasteiger partial charge in [0.25, 0.3) is 0 Å². The first-order valence-electron chi connectivity index (χ1n) is 7.99. The first-order valence-corrected chi connectivity index (χ1v) is 7.99. The molecule has 3 rings (SSSR count). The van der Waals surface area contributed by atoms with E-state index in [0.29, 0.717) is 5.92 Å². The van der Waals surface area contributed by atoms with Crippen LogP contribution in [0.3, 0.4) is 0 Å². The maximum atomic E-state index is 4.86. The van der Waals surface area contributed by atoms with Crippen LogP contribution in [0.1, 0.15) is 56.7 Å².